The van der Waals surface area contributed by atoms with Gasteiger partial charge in [0.2, 0.25) is 0 Å². The zero-order valence-corrected chi connectivity index (χ0v) is 21.0. The number of benzene rings is 1. The molecule has 0 saturated heterocycles. The molecule has 1 fully saturated rings. The van der Waals surface area contributed by atoms with Gasteiger partial charge in [-0.3, -0.25) is 0 Å². The van der Waals surface area contributed by atoms with Crippen molar-refractivity contribution in [1.82, 2.24) is 15.3 Å². The number of hydrogen-bond acceptors (Lipinski definition) is 7. The lowest BCUT2D eigenvalue weighted by molar-refractivity contribution is 0.0467. The van der Waals surface area contributed by atoms with E-state index in [1.165, 1.54) is 6.33 Å². The van der Waals surface area contributed by atoms with Gasteiger partial charge in [-0.15, -0.1) is 0 Å². The number of ether oxygens (including phenoxy) is 2. The summed E-state index contributed by atoms with van der Waals surface area (Å²) in [6, 6.07) is 3.59. The molecule has 0 spiro atoms. The van der Waals surface area contributed by atoms with Crippen LogP contribution in [0.1, 0.15) is 81.8 Å². The van der Waals surface area contributed by atoms with Crippen LogP contribution in [0.3, 0.4) is 0 Å². The minimum Gasteiger partial charge on any atom is -0.490 e. The highest BCUT2D eigenvalue weighted by Gasteiger charge is 2.38. The van der Waals surface area contributed by atoms with Crippen LogP contribution in [0.15, 0.2) is 18.5 Å². The van der Waals surface area contributed by atoms with Crippen molar-refractivity contribution in [2.75, 3.05) is 5.73 Å². The Morgan fingerprint density at radius 3 is 2.46 bits per heavy atom. The minimum atomic E-state index is -1.03. The molecule has 1 aromatic carbocycles. The SMILES string of the molecule is CC(C)(C)OC(=O)NC1CCC(Oc2ccc3c(c2C(=O)O)CC(C)(C)c2c(N)ncnc2-3)CC1. The van der Waals surface area contributed by atoms with Crippen LogP contribution >= 0.6 is 0 Å². The molecule has 9 nitrogen and oxygen atoms in total. The minimum absolute atomic E-state index is 0.00891. The van der Waals surface area contributed by atoms with Gasteiger partial charge in [0.25, 0.3) is 0 Å². The molecular formula is C26H34N4O5. The predicted octanol–water partition coefficient (Wildman–Crippen LogP) is 4.47. The summed E-state index contributed by atoms with van der Waals surface area (Å²) >= 11 is 0. The molecule has 0 bridgehead atoms. The van der Waals surface area contributed by atoms with Crippen molar-refractivity contribution in [1.29, 1.82) is 0 Å². The lowest BCUT2D eigenvalue weighted by Crippen LogP contribution is -2.42. The summed E-state index contributed by atoms with van der Waals surface area (Å²) in [6.45, 7) is 9.53. The van der Waals surface area contributed by atoms with Gasteiger partial charge in [0.05, 0.1) is 11.8 Å². The Kier molecular flexibility index (Phi) is 6.38. The molecule has 188 valence electrons. The highest BCUT2D eigenvalue weighted by atomic mass is 16.6. The molecule has 0 unspecified atom stereocenters. The number of carboxylic acid groups (broad SMARTS) is 1. The van der Waals surface area contributed by atoms with Crippen LogP contribution in [0.4, 0.5) is 10.6 Å². The van der Waals surface area contributed by atoms with E-state index in [-0.39, 0.29) is 17.7 Å². The fourth-order valence-corrected chi connectivity index (χ4v) is 5.14. The number of nitrogens with zero attached hydrogens (tertiary/aromatic N) is 2. The topological polar surface area (TPSA) is 137 Å². The Morgan fingerprint density at radius 1 is 1.14 bits per heavy atom. The number of hydrogen-bond donors (Lipinski definition) is 3. The molecule has 0 aliphatic heterocycles. The molecule has 9 heteroatoms. The maximum Gasteiger partial charge on any atom is 0.407 e. The van der Waals surface area contributed by atoms with Crippen molar-refractivity contribution < 1.29 is 24.2 Å². The van der Waals surface area contributed by atoms with Crippen LogP contribution < -0.4 is 15.8 Å². The van der Waals surface area contributed by atoms with Gasteiger partial charge in [-0.2, -0.15) is 0 Å². The summed E-state index contributed by atoms with van der Waals surface area (Å²) in [7, 11) is 0. The third-order valence-electron chi connectivity index (χ3n) is 6.60. The fraction of sp³-hybridized carbons (Fsp3) is 0.538. The van der Waals surface area contributed by atoms with E-state index < -0.39 is 23.1 Å². The summed E-state index contributed by atoms with van der Waals surface area (Å²) in [5, 5.41) is 13.1. The number of nitrogen functional groups attached to an aromatic ring is 1. The zero-order valence-electron chi connectivity index (χ0n) is 21.0. The number of anilines is 1. The Hall–Kier alpha value is -3.36. The summed E-state index contributed by atoms with van der Waals surface area (Å²) in [6.07, 6.45) is 4.21. The molecule has 0 radical (unpaired) electrons. The molecule has 2 aliphatic carbocycles. The van der Waals surface area contributed by atoms with E-state index in [1.54, 1.807) is 6.07 Å². The average Bonchev–Trinajstić information content (AvgIpc) is 2.72. The first-order chi connectivity index (χ1) is 16.4. The van der Waals surface area contributed by atoms with Gasteiger partial charge < -0.3 is 25.6 Å². The zero-order chi connectivity index (χ0) is 25.5. The van der Waals surface area contributed by atoms with Crippen LogP contribution in [0.2, 0.25) is 0 Å². The number of amides is 1. The normalized spacial score (nSPS) is 20.8. The molecule has 1 amide bonds. The summed E-state index contributed by atoms with van der Waals surface area (Å²) in [4.78, 5) is 33.1. The number of aromatic nitrogens is 2. The summed E-state index contributed by atoms with van der Waals surface area (Å²) in [5.74, 6) is -0.251. The lowest BCUT2D eigenvalue weighted by Gasteiger charge is -2.35. The molecule has 4 rings (SSSR count). The average molecular weight is 483 g/mol. The molecule has 1 saturated carbocycles. The van der Waals surface area contributed by atoms with E-state index in [9.17, 15) is 14.7 Å². The summed E-state index contributed by atoms with van der Waals surface area (Å²) in [5.41, 5.74) is 8.34. The van der Waals surface area contributed by atoms with Crippen molar-refractivity contribution >= 4 is 17.9 Å². The van der Waals surface area contributed by atoms with Crippen LogP contribution in [0.5, 0.6) is 5.75 Å². The standard InChI is InChI=1S/C26H34N4O5/c1-25(2,3)35-24(33)30-14-6-8-15(9-7-14)34-18-11-10-16-17(19(18)23(31)32)12-26(4,5)20-21(16)28-13-29-22(20)27/h10-11,13-15H,6-9,12H2,1-5H3,(H,30,33)(H,31,32)(H2,27,28,29). The molecule has 35 heavy (non-hydrogen) atoms. The molecule has 1 heterocycles. The van der Waals surface area contributed by atoms with E-state index in [0.717, 1.165) is 24.0 Å². The third kappa shape index (κ3) is 5.18. The van der Waals surface area contributed by atoms with Crippen molar-refractivity contribution in [3.8, 4) is 17.0 Å². The number of nitrogens with one attached hydrogen (secondary N) is 1. The number of alkyl carbamates (subject to hydrolysis) is 1. The number of carboxylic acids is 1. The van der Waals surface area contributed by atoms with Crippen molar-refractivity contribution in [2.45, 2.75) is 89.9 Å². The fourth-order valence-electron chi connectivity index (χ4n) is 5.14. The first kappa shape index (κ1) is 24.8. The van der Waals surface area contributed by atoms with Gasteiger partial charge in [0, 0.05) is 17.2 Å². The van der Waals surface area contributed by atoms with Crippen LogP contribution in [0, 0.1) is 0 Å². The number of carbonyl (C=O) groups excluding carboxylic acids is 1. The van der Waals surface area contributed by atoms with E-state index >= 15 is 0 Å². The Morgan fingerprint density at radius 2 is 1.83 bits per heavy atom. The Bertz CT molecular complexity index is 1150. The molecule has 0 atom stereocenters. The molecule has 1 aromatic heterocycles. The Balaban J connectivity index is 1.53. The molecule has 2 aliphatic rings. The van der Waals surface area contributed by atoms with Crippen LogP contribution in [-0.2, 0) is 16.6 Å². The van der Waals surface area contributed by atoms with E-state index in [0.29, 0.717) is 42.1 Å². The van der Waals surface area contributed by atoms with E-state index in [4.69, 9.17) is 15.2 Å². The molecule has 2 aromatic rings. The number of aromatic carboxylic acids is 1. The highest BCUT2D eigenvalue weighted by Crippen LogP contribution is 2.46. The van der Waals surface area contributed by atoms with Gasteiger partial charge in [-0.05, 0) is 76.0 Å². The second-order valence-corrected chi connectivity index (χ2v) is 11.1. The first-order valence-corrected chi connectivity index (χ1v) is 12.0. The van der Waals surface area contributed by atoms with E-state index in [2.05, 4.69) is 15.3 Å². The van der Waals surface area contributed by atoms with Gasteiger partial charge in [0.1, 0.15) is 29.1 Å². The monoisotopic (exact) mass is 482 g/mol. The quantitative estimate of drug-likeness (QED) is 0.580. The molecule has 4 N–H and O–H groups in total. The molecular weight excluding hydrogens is 448 g/mol. The van der Waals surface area contributed by atoms with Crippen molar-refractivity contribution in [2.24, 2.45) is 0 Å². The highest BCUT2D eigenvalue weighted by molar-refractivity contribution is 5.96. The maximum absolute atomic E-state index is 12.4. The Labute approximate surface area is 205 Å². The number of rotatable bonds is 4. The first-order valence-electron chi connectivity index (χ1n) is 12.0. The summed E-state index contributed by atoms with van der Waals surface area (Å²) < 4.78 is 11.6. The number of nitrogens with two attached hydrogens (primary N) is 1. The van der Waals surface area contributed by atoms with Gasteiger partial charge in [0.15, 0.2) is 0 Å². The van der Waals surface area contributed by atoms with Crippen LogP contribution in [0.25, 0.3) is 11.3 Å². The van der Waals surface area contributed by atoms with Crippen molar-refractivity contribution in [3.05, 3.63) is 35.2 Å². The number of carbonyl (C=O) groups is 2. The van der Waals surface area contributed by atoms with Gasteiger partial charge in [-0.25, -0.2) is 19.6 Å². The van der Waals surface area contributed by atoms with Crippen molar-refractivity contribution in [3.63, 3.8) is 0 Å². The lowest BCUT2D eigenvalue weighted by atomic mass is 9.70. The number of fused-ring (bicyclic) bond motifs is 3. The smallest absolute Gasteiger partial charge is 0.407 e. The van der Waals surface area contributed by atoms with E-state index in [1.807, 2.05) is 40.7 Å². The largest absolute Gasteiger partial charge is 0.490 e. The second kappa shape index (κ2) is 9.02. The maximum atomic E-state index is 12.4. The van der Waals surface area contributed by atoms with Gasteiger partial charge in [-0.1, -0.05) is 13.8 Å². The predicted molar refractivity (Wildman–Crippen MR) is 132 cm³/mol. The second-order valence-electron chi connectivity index (χ2n) is 11.1. The van der Waals surface area contributed by atoms with Gasteiger partial charge >= 0.3 is 12.1 Å². The third-order valence-corrected chi connectivity index (χ3v) is 6.60. The van der Waals surface area contributed by atoms with Crippen LogP contribution in [-0.4, -0.2) is 44.9 Å².